The first-order valence-corrected chi connectivity index (χ1v) is 10.0. The van der Waals surface area contributed by atoms with Crippen LogP contribution < -0.4 is 20.1 Å². The number of nitrogens with zero attached hydrogens (tertiary/aromatic N) is 3. The molecule has 30 heavy (non-hydrogen) atoms. The quantitative estimate of drug-likeness (QED) is 0.285. The van der Waals surface area contributed by atoms with Gasteiger partial charge in [0.15, 0.2) is 17.5 Å². The smallest absolute Gasteiger partial charge is 0.387 e. The minimum atomic E-state index is -2.92. The number of piperazine rings is 1. The van der Waals surface area contributed by atoms with Gasteiger partial charge in [-0.15, -0.1) is 24.0 Å². The van der Waals surface area contributed by atoms with Crippen molar-refractivity contribution < 1.29 is 18.3 Å². The van der Waals surface area contributed by atoms with Crippen LogP contribution in [0.1, 0.15) is 19.4 Å². The van der Waals surface area contributed by atoms with Gasteiger partial charge in [-0.1, -0.05) is 12.1 Å². The molecule has 0 aromatic heterocycles. The Morgan fingerprint density at radius 3 is 2.50 bits per heavy atom. The van der Waals surface area contributed by atoms with Crippen LogP contribution in [0, 0.1) is 0 Å². The van der Waals surface area contributed by atoms with Crippen molar-refractivity contribution >= 4 is 29.9 Å². The number of hydrogen-bond acceptors (Lipinski definition) is 5. The van der Waals surface area contributed by atoms with Crippen molar-refractivity contribution in [3.05, 3.63) is 23.8 Å². The molecular weight excluding hydrogens is 507 g/mol. The Labute approximate surface area is 195 Å². The van der Waals surface area contributed by atoms with Crippen molar-refractivity contribution in [2.75, 3.05) is 53.4 Å². The zero-order valence-electron chi connectivity index (χ0n) is 18.2. The van der Waals surface area contributed by atoms with Crippen molar-refractivity contribution in [3.63, 3.8) is 0 Å². The summed E-state index contributed by atoms with van der Waals surface area (Å²) < 4.78 is 35.8. The van der Waals surface area contributed by atoms with Gasteiger partial charge in [0.25, 0.3) is 0 Å². The summed E-state index contributed by atoms with van der Waals surface area (Å²) >= 11 is 0. The monoisotopic (exact) mass is 541 g/mol. The fourth-order valence-corrected chi connectivity index (χ4v) is 3.23. The van der Waals surface area contributed by atoms with Crippen LogP contribution in [0.2, 0.25) is 0 Å². The van der Waals surface area contributed by atoms with E-state index in [4.69, 9.17) is 9.47 Å². The molecule has 1 aliphatic rings. The van der Waals surface area contributed by atoms with Crippen LogP contribution >= 0.6 is 24.0 Å². The third-order valence-corrected chi connectivity index (χ3v) is 4.96. The first kappa shape index (κ1) is 26.6. The molecule has 1 saturated heterocycles. The van der Waals surface area contributed by atoms with Gasteiger partial charge in [0.1, 0.15) is 0 Å². The van der Waals surface area contributed by atoms with E-state index in [9.17, 15) is 8.78 Å². The highest BCUT2D eigenvalue weighted by atomic mass is 127. The predicted molar refractivity (Wildman–Crippen MR) is 126 cm³/mol. The molecule has 2 N–H and O–H groups in total. The number of nitrogens with one attached hydrogen (secondary N) is 2. The molecule has 7 nitrogen and oxygen atoms in total. The maximum absolute atomic E-state index is 12.9. The zero-order chi connectivity index (χ0) is 21.2. The maximum atomic E-state index is 12.9. The molecule has 1 aromatic carbocycles. The topological polar surface area (TPSA) is 61.4 Å². The Hall–Kier alpha value is -1.40. The van der Waals surface area contributed by atoms with Gasteiger partial charge in [-0.3, -0.25) is 9.89 Å². The van der Waals surface area contributed by atoms with Gasteiger partial charge < -0.3 is 25.0 Å². The molecule has 1 aromatic rings. The number of likely N-dealkylation sites (N-methyl/N-ethyl adjacent to an activating group) is 1. The number of guanidine groups is 1. The van der Waals surface area contributed by atoms with E-state index in [0.29, 0.717) is 29.9 Å². The van der Waals surface area contributed by atoms with E-state index in [1.54, 1.807) is 32.2 Å². The Bertz CT molecular complexity index is 658. The molecule has 0 radical (unpaired) electrons. The molecule has 2 rings (SSSR count). The lowest BCUT2D eigenvalue weighted by Gasteiger charge is -2.36. The van der Waals surface area contributed by atoms with E-state index in [2.05, 4.69) is 39.4 Å². The Kier molecular flexibility index (Phi) is 12.3. The normalized spacial score (nSPS) is 16.7. The molecule has 0 bridgehead atoms. The van der Waals surface area contributed by atoms with Gasteiger partial charge in [0.2, 0.25) is 0 Å². The lowest BCUT2D eigenvalue weighted by Crippen LogP contribution is -2.52. The third kappa shape index (κ3) is 8.38. The maximum Gasteiger partial charge on any atom is 0.387 e. The Balaban J connectivity index is 0.00000450. The van der Waals surface area contributed by atoms with Crippen molar-refractivity contribution in [2.45, 2.75) is 33.0 Å². The number of para-hydroxylation sites is 1. The standard InChI is InChI=1S/C20H33F2N5O2.HI/c1-5-28-17-8-6-7-16(18(17)29-19(21)22)14-25-20(23-3)24-13-15(2)27-11-9-26(4)10-12-27;/h6-8,15,19H,5,9-14H2,1-4H3,(H2,23,24,25);1H. The molecule has 0 saturated carbocycles. The largest absolute Gasteiger partial charge is 0.490 e. The average molecular weight is 541 g/mol. The second-order valence-corrected chi connectivity index (χ2v) is 7.05. The fourth-order valence-electron chi connectivity index (χ4n) is 3.23. The van der Waals surface area contributed by atoms with Gasteiger partial charge in [0.05, 0.1) is 6.61 Å². The molecule has 0 spiro atoms. The third-order valence-electron chi connectivity index (χ3n) is 4.96. The molecule has 1 unspecified atom stereocenters. The van der Waals surface area contributed by atoms with E-state index < -0.39 is 6.61 Å². The molecule has 0 amide bonds. The van der Waals surface area contributed by atoms with E-state index in [0.717, 1.165) is 32.7 Å². The van der Waals surface area contributed by atoms with Gasteiger partial charge in [0, 0.05) is 57.9 Å². The van der Waals surface area contributed by atoms with Crippen molar-refractivity contribution in [3.8, 4) is 11.5 Å². The summed E-state index contributed by atoms with van der Waals surface area (Å²) in [6.07, 6.45) is 0. The highest BCUT2D eigenvalue weighted by Crippen LogP contribution is 2.32. The number of aliphatic imine (C=N–C) groups is 1. The highest BCUT2D eigenvalue weighted by Gasteiger charge is 2.19. The van der Waals surface area contributed by atoms with Crippen LogP contribution in [-0.4, -0.2) is 81.8 Å². The lowest BCUT2D eigenvalue weighted by atomic mass is 10.2. The van der Waals surface area contributed by atoms with Crippen molar-refractivity contribution in [2.24, 2.45) is 4.99 Å². The van der Waals surface area contributed by atoms with Crippen LogP contribution in [0.25, 0.3) is 0 Å². The number of hydrogen-bond donors (Lipinski definition) is 2. The summed E-state index contributed by atoms with van der Waals surface area (Å²) in [5.74, 6) is 0.965. The average Bonchev–Trinajstić information content (AvgIpc) is 2.70. The van der Waals surface area contributed by atoms with Crippen LogP contribution in [0.15, 0.2) is 23.2 Å². The minimum Gasteiger partial charge on any atom is -0.490 e. The van der Waals surface area contributed by atoms with Gasteiger partial charge >= 0.3 is 6.61 Å². The van der Waals surface area contributed by atoms with E-state index in [1.807, 2.05) is 0 Å². The summed E-state index contributed by atoms with van der Waals surface area (Å²) in [5, 5.41) is 6.48. The summed E-state index contributed by atoms with van der Waals surface area (Å²) in [4.78, 5) is 9.00. The second-order valence-electron chi connectivity index (χ2n) is 7.05. The summed E-state index contributed by atoms with van der Waals surface area (Å²) in [6.45, 7) is 6.68. The summed E-state index contributed by atoms with van der Waals surface area (Å²) in [5.41, 5.74) is 0.575. The first-order chi connectivity index (χ1) is 13.9. The first-order valence-electron chi connectivity index (χ1n) is 10.0. The molecule has 1 heterocycles. The van der Waals surface area contributed by atoms with Gasteiger partial charge in [-0.25, -0.2) is 0 Å². The number of benzene rings is 1. The molecule has 172 valence electrons. The van der Waals surface area contributed by atoms with E-state index in [-0.39, 0.29) is 36.3 Å². The predicted octanol–water partition coefficient (Wildman–Crippen LogP) is 2.61. The molecule has 10 heteroatoms. The number of alkyl halides is 2. The Morgan fingerprint density at radius 2 is 1.90 bits per heavy atom. The van der Waals surface area contributed by atoms with E-state index in [1.165, 1.54) is 0 Å². The SMILES string of the molecule is CCOc1cccc(CNC(=NC)NCC(C)N2CCN(C)CC2)c1OC(F)F.I. The van der Waals surface area contributed by atoms with Crippen LogP contribution in [0.3, 0.4) is 0 Å². The van der Waals surface area contributed by atoms with E-state index >= 15 is 0 Å². The summed E-state index contributed by atoms with van der Waals surface area (Å²) in [7, 11) is 3.82. The molecule has 0 aliphatic carbocycles. The number of rotatable bonds is 9. The zero-order valence-corrected chi connectivity index (χ0v) is 20.5. The van der Waals surface area contributed by atoms with Gasteiger partial charge in [-0.05, 0) is 27.0 Å². The Morgan fingerprint density at radius 1 is 1.20 bits per heavy atom. The number of ether oxygens (including phenoxy) is 2. The summed E-state index contributed by atoms with van der Waals surface area (Å²) in [6, 6.07) is 5.47. The van der Waals surface area contributed by atoms with Crippen LogP contribution in [0.4, 0.5) is 8.78 Å². The molecular formula is C20H34F2IN5O2. The lowest BCUT2D eigenvalue weighted by molar-refractivity contribution is -0.0520. The van der Waals surface area contributed by atoms with Crippen LogP contribution in [-0.2, 0) is 6.54 Å². The minimum absolute atomic E-state index is 0. The molecule has 1 aliphatic heterocycles. The van der Waals surface area contributed by atoms with Gasteiger partial charge in [-0.2, -0.15) is 8.78 Å². The number of halogens is 3. The molecule has 1 atom stereocenters. The van der Waals surface area contributed by atoms with Crippen LogP contribution in [0.5, 0.6) is 11.5 Å². The highest BCUT2D eigenvalue weighted by molar-refractivity contribution is 14.0. The molecule has 1 fully saturated rings. The fraction of sp³-hybridized carbons (Fsp3) is 0.650. The van der Waals surface area contributed by atoms with Crippen molar-refractivity contribution in [1.82, 2.24) is 20.4 Å². The van der Waals surface area contributed by atoms with Crippen molar-refractivity contribution in [1.29, 1.82) is 0 Å². The second kappa shape index (κ2) is 13.8.